The topological polar surface area (TPSA) is 9.23 Å². The molecule has 0 aliphatic heterocycles. The maximum Gasteiger partial charge on any atom is 0.0568 e. The highest BCUT2D eigenvalue weighted by Gasteiger charge is 2.02. The molecule has 1 unspecified atom stereocenters. The zero-order chi connectivity index (χ0) is 9.94. The number of rotatable bonds is 9. The molecule has 1 heteroatoms. The molecule has 1 atom stereocenters. The van der Waals surface area contributed by atoms with Gasteiger partial charge in [0.2, 0.25) is 0 Å². The molecule has 0 rings (SSSR count). The smallest absolute Gasteiger partial charge is 0.0568 e. The zero-order valence-electron chi connectivity index (χ0n) is 9.64. The van der Waals surface area contributed by atoms with Gasteiger partial charge >= 0.3 is 0 Å². The zero-order valence-corrected chi connectivity index (χ0v) is 9.64. The fourth-order valence-corrected chi connectivity index (χ4v) is 1.64. The van der Waals surface area contributed by atoms with Crippen molar-refractivity contribution in [3.05, 3.63) is 0 Å². The summed E-state index contributed by atoms with van der Waals surface area (Å²) >= 11 is 0. The van der Waals surface area contributed by atoms with Crippen LogP contribution < -0.4 is 0 Å². The maximum atomic E-state index is 5.33. The van der Waals surface area contributed by atoms with E-state index in [-0.39, 0.29) is 0 Å². The van der Waals surface area contributed by atoms with Gasteiger partial charge in [0.25, 0.3) is 0 Å². The molecular weight excluding hydrogens is 160 g/mol. The average molecular weight is 186 g/mol. The Morgan fingerprint density at radius 1 is 0.923 bits per heavy atom. The first kappa shape index (κ1) is 13.0. The van der Waals surface area contributed by atoms with Crippen LogP contribution >= 0.6 is 0 Å². The van der Waals surface area contributed by atoms with Crippen LogP contribution in [-0.4, -0.2) is 13.2 Å². The van der Waals surface area contributed by atoms with Crippen molar-refractivity contribution in [2.45, 2.75) is 71.3 Å². The molecule has 0 bridgehead atoms. The number of hydrogen-bond donors (Lipinski definition) is 0. The fraction of sp³-hybridized carbons (Fsp3) is 1.00. The van der Waals surface area contributed by atoms with E-state index in [1.54, 1.807) is 0 Å². The van der Waals surface area contributed by atoms with Crippen LogP contribution in [0.3, 0.4) is 0 Å². The maximum absolute atomic E-state index is 5.33. The monoisotopic (exact) mass is 186 g/mol. The summed E-state index contributed by atoms with van der Waals surface area (Å²) in [5, 5.41) is 0. The van der Waals surface area contributed by atoms with Gasteiger partial charge in [-0.2, -0.15) is 0 Å². The lowest BCUT2D eigenvalue weighted by molar-refractivity contribution is 0.0897. The normalized spacial score (nSPS) is 13.2. The molecule has 1 nitrogen and oxygen atoms in total. The van der Waals surface area contributed by atoms with Gasteiger partial charge in [0, 0.05) is 7.11 Å². The van der Waals surface area contributed by atoms with Crippen molar-refractivity contribution >= 4 is 0 Å². The van der Waals surface area contributed by atoms with Crippen LogP contribution in [0.1, 0.15) is 65.2 Å². The van der Waals surface area contributed by atoms with Crippen molar-refractivity contribution in [1.29, 1.82) is 0 Å². The highest BCUT2D eigenvalue weighted by Crippen LogP contribution is 2.11. The molecule has 0 amide bonds. The fourth-order valence-electron chi connectivity index (χ4n) is 1.64. The van der Waals surface area contributed by atoms with E-state index >= 15 is 0 Å². The Balaban J connectivity index is 3.05. The Kier molecular flexibility index (Phi) is 10.0. The van der Waals surface area contributed by atoms with Gasteiger partial charge in [-0.25, -0.2) is 0 Å². The first-order valence-corrected chi connectivity index (χ1v) is 5.87. The van der Waals surface area contributed by atoms with Gasteiger partial charge in [-0.15, -0.1) is 0 Å². The number of unbranched alkanes of at least 4 members (excludes halogenated alkanes) is 5. The molecule has 0 heterocycles. The number of methoxy groups -OCH3 is 1. The summed E-state index contributed by atoms with van der Waals surface area (Å²) in [5.74, 6) is 0. The van der Waals surface area contributed by atoms with Crippen molar-refractivity contribution < 1.29 is 4.74 Å². The second-order valence-corrected chi connectivity index (χ2v) is 3.82. The Labute approximate surface area is 83.9 Å². The molecular formula is C12H26O. The standard InChI is InChI=1S/C12H26O/c1-4-6-7-8-9-10-11-12(5-2)13-3/h12H,4-11H2,1-3H3. The van der Waals surface area contributed by atoms with Gasteiger partial charge in [0.05, 0.1) is 6.10 Å². The summed E-state index contributed by atoms with van der Waals surface area (Å²) < 4.78 is 5.33. The van der Waals surface area contributed by atoms with Crippen molar-refractivity contribution in [1.82, 2.24) is 0 Å². The minimum Gasteiger partial charge on any atom is -0.381 e. The third kappa shape index (κ3) is 8.29. The number of ether oxygens (including phenoxy) is 1. The van der Waals surface area contributed by atoms with Crippen molar-refractivity contribution in [2.75, 3.05) is 7.11 Å². The highest BCUT2D eigenvalue weighted by molar-refractivity contribution is 4.55. The molecule has 13 heavy (non-hydrogen) atoms. The first-order valence-electron chi connectivity index (χ1n) is 5.87. The summed E-state index contributed by atoms with van der Waals surface area (Å²) in [4.78, 5) is 0. The summed E-state index contributed by atoms with van der Waals surface area (Å²) in [7, 11) is 1.82. The van der Waals surface area contributed by atoms with E-state index < -0.39 is 0 Å². The molecule has 0 aromatic carbocycles. The minimum atomic E-state index is 0.506. The van der Waals surface area contributed by atoms with Gasteiger partial charge in [-0.1, -0.05) is 52.4 Å². The third-order valence-corrected chi connectivity index (χ3v) is 2.67. The van der Waals surface area contributed by atoms with Crippen LogP contribution in [0.4, 0.5) is 0 Å². The Morgan fingerprint density at radius 3 is 2.08 bits per heavy atom. The van der Waals surface area contributed by atoms with Crippen molar-refractivity contribution in [3.8, 4) is 0 Å². The molecule has 80 valence electrons. The second-order valence-electron chi connectivity index (χ2n) is 3.82. The summed E-state index contributed by atoms with van der Waals surface area (Å²) in [6.45, 7) is 4.46. The Bertz CT molecular complexity index is 87.1. The predicted molar refractivity (Wildman–Crippen MR) is 59.1 cm³/mol. The molecule has 0 saturated carbocycles. The molecule has 0 spiro atoms. The SMILES string of the molecule is CCCCCCCCC(CC)OC. The summed E-state index contributed by atoms with van der Waals surface area (Å²) in [6, 6.07) is 0. The number of hydrogen-bond acceptors (Lipinski definition) is 1. The van der Waals surface area contributed by atoms with E-state index in [0.29, 0.717) is 6.10 Å². The molecule has 0 aromatic rings. The third-order valence-electron chi connectivity index (χ3n) is 2.67. The van der Waals surface area contributed by atoms with Crippen molar-refractivity contribution in [2.24, 2.45) is 0 Å². The van der Waals surface area contributed by atoms with Gasteiger partial charge < -0.3 is 4.74 Å². The summed E-state index contributed by atoms with van der Waals surface area (Å²) in [6.07, 6.45) is 11.2. The van der Waals surface area contributed by atoms with Crippen LogP contribution in [0, 0.1) is 0 Å². The molecule has 0 fully saturated rings. The minimum absolute atomic E-state index is 0.506. The van der Waals surface area contributed by atoms with Crippen LogP contribution in [0.25, 0.3) is 0 Å². The lowest BCUT2D eigenvalue weighted by Gasteiger charge is -2.11. The summed E-state index contributed by atoms with van der Waals surface area (Å²) in [5.41, 5.74) is 0. The van der Waals surface area contributed by atoms with E-state index in [2.05, 4.69) is 13.8 Å². The van der Waals surface area contributed by atoms with E-state index in [9.17, 15) is 0 Å². The lowest BCUT2D eigenvalue weighted by Crippen LogP contribution is -2.08. The Morgan fingerprint density at radius 2 is 1.54 bits per heavy atom. The largest absolute Gasteiger partial charge is 0.381 e. The van der Waals surface area contributed by atoms with Crippen LogP contribution in [-0.2, 0) is 4.74 Å². The van der Waals surface area contributed by atoms with E-state index in [1.807, 2.05) is 7.11 Å². The lowest BCUT2D eigenvalue weighted by atomic mass is 10.1. The van der Waals surface area contributed by atoms with Gasteiger partial charge in [0.1, 0.15) is 0 Å². The molecule has 0 aromatic heterocycles. The average Bonchev–Trinajstić information content (AvgIpc) is 2.17. The van der Waals surface area contributed by atoms with Gasteiger partial charge in [-0.3, -0.25) is 0 Å². The van der Waals surface area contributed by atoms with E-state index in [1.165, 1.54) is 44.9 Å². The molecule has 0 radical (unpaired) electrons. The molecule has 0 aliphatic rings. The molecule has 0 N–H and O–H groups in total. The predicted octanol–water partition coefficient (Wildman–Crippen LogP) is 4.16. The van der Waals surface area contributed by atoms with Crippen LogP contribution in [0.2, 0.25) is 0 Å². The first-order chi connectivity index (χ1) is 6.35. The quantitative estimate of drug-likeness (QED) is 0.491. The Hall–Kier alpha value is -0.0400. The molecule has 0 aliphatic carbocycles. The van der Waals surface area contributed by atoms with Crippen LogP contribution in [0.15, 0.2) is 0 Å². The van der Waals surface area contributed by atoms with Gasteiger partial charge in [-0.05, 0) is 12.8 Å². The highest BCUT2D eigenvalue weighted by atomic mass is 16.5. The van der Waals surface area contributed by atoms with E-state index in [0.717, 1.165) is 6.42 Å². The molecule has 0 saturated heterocycles. The van der Waals surface area contributed by atoms with Crippen LogP contribution in [0.5, 0.6) is 0 Å². The van der Waals surface area contributed by atoms with E-state index in [4.69, 9.17) is 4.74 Å². The second kappa shape index (κ2) is 10.0. The van der Waals surface area contributed by atoms with Crippen molar-refractivity contribution in [3.63, 3.8) is 0 Å². The van der Waals surface area contributed by atoms with Gasteiger partial charge in [0.15, 0.2) is 0 Å².